The number of nitrogens with one attached hydrogen (secondary N) is 1. The molecule has 8 heteroatoms. The molecule has 0 aliphatic carbocycles. The number of fused-ring (bicyclic) bond motifs is 2. The maximum Gasteiger partial charge on any atom is 0.337 e. The van der Waals surface area contributed by atoms with Gasteiger partial charge in [0, 0.05) is 35.6 Å². The summed E-state index contributed by atoms with van der Waals surface area (Å²) < 4.78 is 6.78. The molecule has 30 heavy (non-hydrogen) atoms. The summed E-state index contributed by atoms with van der Waals surface area (Å²) in [6, 6.07) is 13.6. The van der Waals surface area contributed by atoms with Crippen LogP contribution in [0.5, 0.6) is 0 Å². The number of nitrogens with zero attached hydrogens (tertiary/aromatic N) is 4. The Hall–Kier alpha value is -3.65. The molecule has 2 aromatic carbocycles. The van der Waals surface area contributed by atoms with E-state index < -0.39 is 0 Å². The van der Waals surface area contributed by atoms with Crippen LogP contribution in [0.1, 0.15) is 15.9 Å². The van der Waals surface area contributed by atoms with Crippen molar-refractivity contribution in [2.75, 3.05) is 12.4 Å². The quantitative estimate of drug-likeness (QED) is 0.436. The van der Waals surface area contributed by atoms with Gasteiger partial charge in [-0.2, -0.15) is 0 Å². The van der Waals surface area contributed by atoms with Gasteiger partial charge in [0.1, 0.15) is 5.03 Å². The molecule has 2 aromatic heterocycles. The molecule has 3 heterocycles. The number of carbonyl (C=O) groups excluding carboxylic acids is 1. The molecule has 0 saturated carbocycles. The van der Waals surface area contributed by atoms with Crippen LogP contribution >= 0.6 is 11.8 Å². The summed E-state index contributed by atoms with van der Waals surface area (Å²) in [5.74, 6) is 0.437. The lowest BCUT2D eigenvalue weighted by Crippen LogP contribution is -2.05. The third-order valence-electron chi connectivity index (χ3n) is 4.77. The van der Waals surface area contributed by atoms with Crippen molar-refractivity contribution in [2.45, 2.75) is 16.5 Å². The summed E-state index contributed by atoms with van der Waals surface area (Å²) in [5.41, 5.74) is 4.50. The van der Waals surface area contributed by atoms with Crippen molar-refractivity contribution in [1.82, 2.24) is 19.5 Å². The van der Waals surface area contributed by atoms with Crippen molar-refractivity contribution in [2.24, 2.45) is 0 Å². The van der Waals surface area contributed by atoms with Gasteiger partial charge in [-0.3, -0.25) is 0 Å². The predicted octanol–water partition coefficient (Wildman–Crippen LogP) is 4.38. The Labute approximate surface area is 177 Å². The summed E-state index contributed by atoms with van der Waals surface area (Å²) in [6.45, 7) is 0.695. The highest BCUT2D eigenvalue weighted by Gasteiger charge is 2.17. The fraction of sp³-hybridized carbons (Fsp3) is 0.0909. The van der Waals surface area contributed by atoms with E-state index in [-0.39, 0.29) is 5.97 Å². The molecular formula is C22H17N5O2S. The predicted molar refractivity (Wildman–Crippen MR) is 114 cm³/mol. The van der Waals surface area contributed by atoms with Crippen LogP contribution in [0.2, 0.25) is 0 Å². The minimum Gasteiger partial charge on any atom is -0.465 e. The van der Waals surface area contributed by atoms with E-state index in [4.69, 9.17) is 4.74 Å². The Bertz CT molecular complexity index is 1240. The van der Waals surface area contributed by atoms with Crippen LogP contribution in [0.25, 0.3) is 11.3 Å². The standard InChI is InChI=1S/C22H17N5O2S/c1-29-22(28)16-5-3-15(4-6-16)18-12-27(13-25-18)11-14-2-7-19-17(10-14)26-20-21(30-19)24-9-8-23-20/h2-10,12-13H,11H2,1H3,(H,23,26). The normalized spacial score (nSPS) is 11.9. The van der Waals surface area contributed by atoms with E-state index in [1.54, 1.807) is 36.3 Å². The fourth-order valence-electron chi connectivity index (χ4n) is 3.28. The zero-order chi connectivity index (χ0) is 20.5. The minimum atomic E-state index is -0.347. The number of anilines is 2. The SMILES string of the molecule is COC(=O)c1ccc(-c2cn(Cc3ccc4c(c3)Nc3nccnc3S4)cn2)cc1. The molecule has 0 fully saturated rings. The largest absolute Gasteiger partial charge is 0.465 e. The molecule has 0 radical (unpaired) electrons. The van der Waals surface area contributed by atoms with Gasteiger partial charge in [0.15, 0.2) is 5.82 Å². The van der Waals surface area contributed by atoms with Gasteiger partial charge in [0.05, 0.1) is 30.4 Å². The second kappa shape index (κ2) is 7.64. The Balaban J connectivity index is 1.33. The van der Waals surface area contributed by atoms with Gasteiger partial charge in [0.25, 0.3) is 0 Å². The van der Waals surface area contributed by atoms with Gasteiger partial charge in [-0.15, -0.1) is 0 Å². The summed E-state index contributed by atoms with van der Waals surface area (Å²) >= 11 is 1.62. The van der Waals surface area contributed by atoms with Crippen molar-refractivity contribution in [3.05, 3.63) is 78.5 Å². The van der Waals surface area contributed by atoms with E-state index in [9.17, 15) is 4.79 Å². The molecule has 0 unspecified atom stereocenters. The van der Waals surface area contributed by atoms with Gasteiger partial charge in [-0.05, 0) is 29.8 Å². The highest BCUT2D eigenvalue weighted by molar-refractivity contribution is 7.99. The van der Waals surface area contributed by atoms with E-state index >= 15 is 0 Å². The van der Waals surface area contributed by atoms with Crippen molar-refractivity contribution < 1.29 is 9.53 Å². The maximum atomic E-state index is 11.6. The highest BCUT2D eigenvalue weighted by atomic mass is 32.2. The van der Waals surface area contributed by atoms with Gasteiger partial charge < -0.3 is 14.6 Å². The van der Waals surface area contributed by atoms with Crippen molar-refractivity contribution >= 4 is 29.2 Å². The number of hydrogen-bond donors (Lipinski definition) is 1. The first kappa shape index (κ1) is 18.4. The van der Waals surface area contributed by atoms with Crippen LogP contribution in [-0.4, -0.2) is 32.6 Å². The molecule has 0 amide bonds. The molecule has 5 rings (SSSR count). The first-order valence-electron chi connectivity index (χ1n) is 9.29. The van der Waals surface area contributed by atoms with E-state index in [0.29, 0.717) is 12.1 Å². The number of ether oxygens (including phenoxy) is 1. The lowest BCUT2D eigenvalue weighted by Gasteiger charge is -2.19. The summed E-state index contributed by atoms with van der Waals surface area (Å²) in [4.78, 5) is 25.9. The molecule has 4 aromatic rings. The number of hydrogen-bond acceptors (Lipinski definition) is 7. The van der Waals surface area contributed by atoms with Crippen molar-refractivity contribution in [3.63, 3.8) is 0 Å². The Morgan fingerprint density at radius 1 is 1.10 bits per heavy atom. The number of aromatic nitrogens is 4. The first-order valence-corrected chi connectivity index (χ1v) is 10.1. The van der Waals surface area contributed by atoms with Crippen molar-refractivity contribution in [3.8, 4) is 11.3 Å². The maximum absolute atomic E-state index is 11.6. The number of rotatable bonds is 4. The third-order valence-corrected chi connectivity index (χ3v) is 5.84. The smallest absolute Gasteiger partial charge is 0.337 e. The molecule has 1 aliphatic rings. The third kappa shape index (κ3) is 3.53. The number of imidazole rings is 1. The van der Waals surface area contributed by atoms with E-state index in [1.165, 1.54) is 7.11 Å². The number of esters is 1. The molecule has 0 bridgehead atoms. The lowest BCUT2D eigenvalue weighted by molar-refractivity contribution is 0.0601. The van der Waals surface area contributed by atoms with Gasteiger partial charge in [-0.1, -0.05) is 30.0 Å². The fourth-order valence-corrected chi connectivity index (χ4v) is 4.16. The average molecular weight is 415 g/mol. The second-order valence-electron chi connectivity index (χ2n) is 6.77. The van der Waals surface area contributed by atoms with Gasteiger partial charge >= 0.3 is 5.97 Å². The van der Waals surface area contributed by atoms with E-state index in [2.05, 4.69) is 38.5 Å². The molecule has 0 spiro atoms. The minimum absolute atomic E-state index is 0.347. The molecule has 7 nitrogen and oxygen atoms in total. The number of methoxy groups -OCH3 is 1. The second-order valence-corrected chi connectivity index (χ2v) is 7.80. The van der Waals surface area contributed by atoms with Gasteiger partial charge in [0.2, 0.25) is 0 Å². The monoisotopic (exact) mass is 415 g/mol. The van der Waals surface area contributed by atoms with Crippen LogP contribution in [0.15, 0.2) is 77.3 Å². The van der Waals surface area contributed by atoms with Crippen molar-refractivity contribution in [1.29, 1.82) is 0 Å². The highest BCUT2D eigenvalue weighted by Crippen LogP contribution is 2.42. The van der Waals surface area contributed by atoms with Crippen LogP contribution < -0.4 is 5.32 Å². The van der Waals surface area contributed by atoms with Crippen LogP contribution in [0.3, 0.4) is 0 Å². The topological polar surface area (TPSA) is 81.9 Å². The summed E-state index contributed by atoms with van der Waals surface area (Å²) in [5, 5.41) is 4.24. The summed E-state index contributed by atoms with van der Waals surface area (Å²) in [7, 11) is 1.37. The zero-order valence-electron chi connectivity index (χ0n) is 16.1. The van der Waals surface area contributed by atoms with Crippen LogP contribution in [0, 0.1) is 0 Å². The number of carbonyl (C=O) groups is 1. The van der Waals surface area contributed by atoms with E-state index in [0.717, 1.165) is 38.2 Å². The van der Waals surface area contributed by atoms with Gasteiger partial charge in [-0.25, -0.2) is 19.7 Å². The molecule has 0 atom stereocenters. The Morgan fingerprint density at radius 2 is 1.93 bits per heavy atom. The molecular weight excluding hydrogens is 398 g/mol. The molecule has 0 saturated heterocycles. The molecule has 1 aliphatic heterocycles. The zero-order valence-corrected chi connectivity index (χ0v) is 16.9. The average Bonchev–Trinajstić information content (AvgIpc) is 3.25. The van der Waals surface area contributed by atoms with Crippen LogP contribution in [0.4, 0.5) is 11.5 Å². The summed E-state index contributed by atoms with van der Waals surface area (Å²) in [6.07, 6.45) is 7.19. The lowest BCUT2D eigenvalue weighted by atomic mass is 10.1. The Kier molecular flexibility index (Phi) is 4.68. The molecule has 1 N–H and O–H groups in total. The Morgan fingerprint density at radius 3 is 2.77 bits per heavy atom. The van der Waals surface area contributed by atoms with Crippen LogP contribution in [-0.2, 0) is 11.3 Å². The molecule has 148 valence electrons. The first-order chi connectivity index (χ1) is 14.7. The number of benzene rings is 2. The van der Waals surface area contributed by atoms with E-state index in [1.807, 2.05) is 29.2 Å².